The fourth-order valence-corrected chi connectivity index (χ4v) is 4.51. The van der Waals surface area contributed by atoms with Crippen LogP contribution in [0.2, 0.25) is 5.02 Å². The molecule has 1 atom stereocenters. The van der Waals surface area contributed by atoms with Crippen molar-refractivity contribution in [3.8, 4) is 5.75 Å². The Morgan fingerprint density at radius 3 is 2.59 bits per heavy atom. The number of hydrogen-bond acceptors (Lipinski definition) is 6. The molecular weight excluding hydrogens is 456 g/mol. The number of rotatable bonds is 7. The highest BCUT2D eigenvalue weighted by molar-refractivity contribution is 6.30. The lowest BCUT2D eigenvalue weighted by atomic mass is 9.94. The number of nitrogens with zero attached hydrogens (tertiary/aromatic N) is 2. The zero-order valence-electron chi connectivity index (χ0n) is 19.3. The van der Waals surface area contributed by atoms with Crippen molar-refractivity contribution >= 4 is 29.3 Å². The lowest BCUT2D eigenvalue weighted by molar-refractivity contribution is -0.139. The van der Waals surface area contributed by atoms with Gasteiger partial charge >= 0.3 is 12.0 Å². The van der Waals surface area contributed by atoms with Crippen LogP contribution in [0.15, 0.2) is 59.8 Å². The van der Waals surface area contributed by atoms with E-state index in [1.165, 1.54) is 0 Å². The molecule has 0 aromatic heterocycles. The average molecular weight is 485 g/mol. The van der Waals surface area contributed by atoms with Crippen LogP contribution in [0.4, 0.5) is 10.5 Å². The summed E-state index contributed by atoms with van der Waals surface area (Å²) >= 11 is 6.15. The van der Waals surface area contributed by atoms with Gasteiger partial charge in [-0.05, 0) is 42.8 Å². The van der Waals surface area contributed by atoms with E-state index in [0.717, 1.165) is 37.4 Å². The van der Waals surface area contributed by atoms with Gasteiger partial charge in [-0.1, -0.05) is 29.8 Å². The third-order valence-corrected chi connectivity index (χ3v) is 6.24. The first-order valence-corrected chi connectivity index (χ1v) is 11.7. The van der Waals surface area contributed by atoms with E-state index >= 15 is 0 Å². The van der Waals surface area contributed by atoms with E-state index in [-0.39, 0.29) is 12.6 Å². The van der Waals surface area contributed by atoms with Crippen LogP contribution < -0.4 is 20.3 Å². The molecule has 1 fully saturated rings. The number of carbonyl (C=O) groups is 2. The molecule has 0 bridgehead atoms. The highest BCUT2D eigenvalue weighted by Crippen LogP contribution is 2.30. The number of hydrogen-bond donors (Lipinski definition) is 2. The number of halogens is 1. The lowest BCUT2D eigenvalue weighted by Gasteiger charge is -2.38. The summed E-state index contributed by atoms with van der Waals surface area (Å²) in [6, 6.07) is 14.2. The predicted octanol–water partition coefficient (Wildman–Crippen LogP) is 3.34. The number of amides is 2. The smallest absolute Gasteiger partial charge is 0.338 e. The molecule has 8 nitrogen and oxygen atoms in total. The summed E-state index contributed by atoms with van der Waals surface area (Å²) in [7, 11) is 1.58. The molecule has 0 unspecified atom stereocenters. The Kier molecular flexibility index (Phi) is 7.59. The number of esters is 1. The molecule has 0 spiro atoms. The van der Waals surface area contributed by atoms with Gasteiger partial charge in [-0.3, -0.25) is 4.90 Å². The maximum absolute atomic E-state index is 13.0. The third-order valence-electron chi connectivity index (χ3n) is 6.00. The van der Waals surface area contributed by atoms with Crippen LogP contribution in [0.5, 0.6) is 5.75 Å². The number of anilines is 1. The molecule has 2 aliphatic heterocycles. The monoisotopic (exact) mass is 484 g/mol. The zero-order valence-corrected chi connectivity index (χ0v) is 20.1. The van der Waals surface area contributed by atoms with Crippen LogP contribution in [0.25, 0.3) is 0 Å². The fourth-order valence-electron chi connectivity index (χ4n) is 4.32. The topological polar surface area (TPSA) is 83.1 Å². The van der Waals surface area contributed by atoms with E-state index in [0.29, 0.717) is 28.6 Å². The Morgan fingerprint density at radius 2 is 1.88 bits per heavy atom. The van der Waals surface area contributed by atoms with Gasteiger partial charge in [0.25, 0.3) is 0 Å². The van der Waals surface area contributed by atoms with Crippen LogP contribution in [-0.4, -0.2) is 63.3 Å². The Morgan fingerprint density at radius 1 is 1.12 bits per heavy atom. The van der Waals surface area contributed by atoms with Gasteiger partial charge in [0.1, 0.15) is 5.75 Å². The largest absolute Gasteiger partial charge is 0.497 e. The number of benzene rings is 2. The quantitative estimate of drug-likeness (QED) is 0.586. The van der Waals surface area contributed by atoms with Crippen molar-refractivity contribution in [2.75, 3.05) is 51.3 Å². The molecule has 2 amide bonds. The minimum absolute atomic E-state index is 0.243. The summed E-state index contributed by atoms with van der Waals surface area (Å²) in [5, 5.41) is 6.44. The summed E-state index contributed by atoms with van der Waals surface area (Å²) in [5.74, 6) is 0.197. The van der Waals surface area contributed by atoms with Gasteiger partial charge in [0, 0.05) is 49.1 Å². The number of carbonyl (C=O) groups excluding carboxylic acids is 2. The Bertz CT molecular complexity index is 1080. The maximum atomic E-state index is 13.0. The van der Waals surface area contributed by atoms with Crippen LogP contribution in [0.3, 0.4) is 0 Å². The van der Waals surface area contributed by atoms with Crippen molar-refractivity contribution in [1.29, 1.82) is 0 Å². The number of piperazine rings is 1. The fraction of sp³-hybridized carbons (Fsp3) is 0.360. The molecule has 180 valence electrons. The molecule has 0 radical (unpaired) electrons. The molecule has 9 heteroatoms. The van der Waals surface area contributed by atoms with E-state index in [1.807, 2.05) is 42.5 Å². The first kappa shape index (κ1) is 23.9. The van der Waals surface area contributed by atoms with E-state index in [4.69, 9.17) is 21.1 Å². The van der Waals surface area contributed by atoms with Crippen molar-refractivity contribution in [3.63, 3.8) is 0 Å². The zero-order chi connectivity index (χ0) is 24.1. The molecule has 0 saturated carbocycles. The van der Waals surface area contributed by atoms with Crippen molar-refractivity contribution in [2.24, 2.45) is 0 Å². The van der Waals surface area contributed by atoms with Gasteiger partial charge in [0.2, 0.25) is 0 Å². The van der Waals surface area contributed by atoms with Crippen LogP contribution in [0, 0.1) is 0 Å². The van der Waals surface area contributed by atoms with E-state index < -0.39 is 12.0 Å². The van der Waals surface area contributed by atoms with E-state index in [1.54, 1.807) is 14.0 Å². The number of methoxy groups -OCH3 is 1. The molecule has 34 heavy (non-hydrogen) atoms. The Labute approximate surface area is 204 Å². The minimum atomic E-state index is -0.634. The van der Waals surface area contributed by atoms with E-state index in [2.05, 4.69) is 26.5 Å². The van der Waals surface area contributed by atoms with Crippen molar-refractivity contribution in [2.45, 2.75) is 13.0 Å². The molecular formula is C25H29ClN4O4. The lowest BCUT2D eigenvalue weighted by Crippen LogP contribution is -2.51. The molecule has 2 aromatic carbocycles. The van der Waals surface area contributed by atoms with Crippen LogP contribution in [0.1, 0.15) is 18.5 Å². The highest BCUT2D eigenvalue weighted by atomic mass is 35.5. The van der Waals surface area contributed by atoms with Gasteiger partial charge in [0.05, 0.1) is 25.3 Å². The summed E-state index contributed by atoms with van der Waals surface area (Å²) in [6.07, 6.45) is 0. The van der Waals surface area contributed by atoms with Crippen LogP contribution >= 0.6 is 11.6 Å². The molecule has 0 aliphatic carbocycles. The van der Waals surface area contributed by atoms with Crippen molar-refractivity contribution in [1.82, 2.24) is 15.5 Å². The standard InChI is InChI=1S/C25H29ClN4O4/c1-3-34-24(31)22-21(27-25(32)28-23(22)17-6-4-9-20(14-17)33-2)16-29-10-12-30(13-11-29)19-8-5-7-18(26)15-19/h4-9,14-15,23H,3,10-13,16H2,1-2H3,(H2,27,28,32)/t23-/m0/s1. The van der Waals surface area contributed by atoms with E-state index in [9.17, 15) is 9.59 Å². The normalized spacial score (nSPS) is 18.9. The first-order chi connectivity index (χ1) is 16.5. The van der Waals surface area contributed by atoms with Gasteiger partial charge in [0.15, 0.2) is 0 Å². The highest BCUT2D eigenvalue weighted by Gasteiger charge is 2.35. The van der Waals surface area contributed by atoms with Crippen LogP contribution in [-0.2, 0) is 9.53 Å². The number of nitrogens with one attached hydrogen (secondary N) is 2. The van der Waals surface area contributed by atoms with Crippen molar-refractivity contribution in [3.05, 3.63) is 70.4 Å². The molecule has 4 rings (SSSR count). The molecule has 2 aromatic rings. The molecule has 2 aliphatic rings. The van der Waals surface area contributed by atoms with Gasteiger partial charge in [-0.25, -0.2) is 9.59 Å². The second kappa shape index (κ2) is 10.8. The number of urea groups is 1. The molecule has 1 saturated heterocycles. The summed E-state index contributed by atoms with van der Waals surface area (Å²) in [5.41, 5.74) is 2.81. The second-order valence-electron chi connectivity index (χ2n) is 8.16. The average Bonchev–Trinajstić information content (AvgIpc) is 2.84. The maximum Gasteiger partial charge on any atom is 0.338 e. The first-order valence-electron chi connectivity index (χ1n) is 11.3. The predicted molar refractivity (Wildman–Crippen MR) is 131 cm³/mol. The van der Waals surface area contributed by atoms with Gasteiger partial charge < -0.3 is 25.0 Å². The molecule has 2 N–H and O–H groups in total. The third kappa shape index (κ3) is 5.46. The summed E-state index contributed by atoms with van der Waals surface area (Å²) in [6.45, 7) is 5.63. The summed E-state index contributed by atoms with van der Waals surface area (Å²) in [4.78, 5) is 30.1. The molecule has 2 heterocycles. The number of ether oxygens (including phenoxy) is 2. The van der Waals surface area contributed by atoms with Gasteiger partial charge in [-0.15, -0.1) is 0 Å². The SMILES string of the molecule is CCOC(=O)C1=C(CN2CCN(c3cccc(Cl)c3)CC2)NC(=O)N[C@H]1c1cccc(OC)c1. The Hall–Kier alpha value is -3.23. The van der Waals surface area contributed by atoms with Gasteiger partial charge in [-0.2, -0.15) is 0 Å². The minimum Gasteiger partial charge on any atom is -0.497 e. The van der Waals surface area contributed by atoms with Crippen molar-refractivity contribution < 1.29 is 19.1 Å². The Balaban J connectivity index is 1.57. The second-order valence-corrected chi connectivity index (χ2v) is 8.60. The summed E-state index contributed by atoms with van der Waals surface area (Å²) < 4.78 is 10.7.